The highest BCUT2D eigenvalue weighted by Crippen LogP contribution is 2.18. The normalized spacial score (nSPS) is 10.2. The van der Waals surface area contributed by atoms with Crippen LogP contribution >= 0.6 is 11.3 Å². The minimum absolute atomic E-state index is 0.0702. The molecule has 0 bridgehead atoms. The van der Waals surface area contributed by atoms with E-state index in [0.717, 1.165) is 4.88 Å². The molecule has 19 heavy (non-hydrogen) atoms. The van der Waals surface area contributed by atoms with E-state index in [9.17, 15) is 14.4 Å². The number of carbonyl (C=O) groups is 3. The van der Waals surface area contributed by atoms with Gasteiger partial charge in [0.2, 0.25) is 11.6 Å². The van der Waals surface area contributed by atoms with Crippen LogP contribution in [0.4, 0.5) is 0 Å². The van der Waals surface area contributed by atoms with E-state index in [1.165, 1.54) is 30.4 Å². The highest BCUT2D eigenvalue weighted by atomic mass is 32.1. The standard InChI is InChI=1S/C15H12O3S/c1-9-3-8-13(19-9)15(18)14(17)12-6-4-11(5-7-12)10(2)16/h3-8H,1-2H3. The lowest BCUT2D eigenvalue weighted by atomic mass is 10.0. The maximum Gasteiger partial charge on any atom is 0.243 e. The van der Waals surface area contributed by atoms with Crippen LogP contribution in [0, 0.1) is 6.92 Å². The van der Waals surface area contributed by atoms with E-state index in [1.807, 2.05) is 13.0 Å². The van der Waals surface area contributed by atoms with E-state index in [0.29, 0.717) is 16.0 Å². The number of hydrogen-bond acceptors (Lipinski definition) is 4. The summed E-state index contributed by atoms with van der Waals surface area (Å²) in [6.45, 7) is 3.34. The number of hydrogen-bond donors (Lipinski definition) is 0. The molecule has 1 heterocycles. The predicted molar refractivity (Wildman–Crippen MR) is 74.2 cm³/mol. The number of carbonyl (C=O) groups excluding carboxylic acids is 3. The second-order valence-electron chi connectivity index (χ2n) is 4.20. The topological polar surface area (TPSA) is 51.2 Å². The Morgan fingerprint density at radius 2 is 1.42 bits per heavy atom. The first-order valence-electron chi connectivity index (χ1n) is 5.75. The maximum absolute atomic E-state index is 12.0. The summed E-state index contributed by atoms with van der Waals surface area (Å²) in [7, 11) is 0. The monoisotopic (exact) mass is 272 g/mol. The lowest BCUT2D eigenvalue weighted by Crippen LogP contribution is -2.13. The van der Waals surface area contributed by atoms with Crippen molar-refractivity contribution in [2.75, 3.05) is 0 Å². The van der Waals surface area contributed by atoms with Gasteiger partial charge in [0.15, 0.2) is 5.78 Å². The van der Waals surface area contributed by atoms with Crippen LogP contribution < -0.4 is 0 Å². The first-order chi connectivity index (χ1) is 8.99. The quantitative estimate of drug-likeness (QED) is 0.633. The fourth-order valence-electron chi connectivity index (χ4n) is 1.66. The number of thiophene rings is 1. The van der Waals surface area contributed by atoms with Crippen molar-refractivity contribution in [3.8, 4) is 0 Å². The van der Waals surface area contributed by atoms with Crippen LogP contribution in [0.2, 0.25) is 0 Å². The predicted octanol–water partition coefficient (Wildman–Crippen LogP) is 3.32. The summed E-state index contributed by atoms with van der Waals surface area (Å²) in [6.07, 6.45) is 0. The van der Waals surface area contributed by atoms with Crippen LogP contribution in [-0.2, 0) is 0 Å². The van der Waals surface area contributed by atoms with Gasteiger partial charge in [-0.2, -0.15) is 0 Å². The Labute approximate surface area is 114 Å². The number of rotatable bonds is 4. The molecule has 2 rings (SSSR count). The van der Waals surface area contributed by atoms with Gasteiger partial charge in [0.25, 0.3) is 0 Å². The van der Waals surface area contributed by atoms with Gasteiger partial charge in [-0.1, -0.05) is 24.3 Å². The molecule has 0 saturated heterocycles. The fraction of sp³-hybridized carbons (Fsp3) is 0.133. The molecule has 1 aromatic heterocycles. The van der Waals surface area contributed by atoms with E-state index >= 15 is 0 Å². The minimum atomic E-state index is -0.544. The van der Waals surface area contributed by atoms with Crippen molar-refractivity contribution in [3.05, 3.63) is 57.3 Å². The molecule has 0 radical (unpaired) electrons. The molecule has 0 aliphatic heterocycles. The third-order valence-corrected chi connectivity index (χ3v) is 3.72. The largest absolute Gasteiger partial charge is 0.295 e. The molecule has 0 N–H and O–H groups in total. The van der Waals surface area contributed by atoms with Crippen LogP contribution in [0.5, 0.6) is 0 Å². The van der Waals surface area contributed by atoms with E-state index in [2.05, 4.69) is 0 Å². The molecule has 0 aliphatic rings. The highest BCUT2D eigenvalue weighted by molar-refractivity contribution is 7.14. The van der Waals surface area contributed by atoms with Crippen LogP contribution in [0.3, 0.4) is 0 Å². The van der Waals surface area contributed by atoms with E-state index in [1.54, 1.807) is 18.2 Å². The Morgan fingerprint density at radius 3 is 1.89 bits per heavy atom. The van der Waals surface area contributed by atoms with Gasteiger partial charge in [0.05, 0.1) is 4.88 Å². The molecule has 0 fully saturated rings. The molecule has 0 unspecified atom stereocenters. The van der Waals surface area contributed by atoms with Crippen molar-refractivity contribution in [3.63, 3.8) is 0 Å². The molecule has 96 valence electrons. The van der Waals surface area contributed by atoms with Crippen molar-refractivity contribution in [1.82, 2.24) is 0 Å². The van der Waals surface area contributed by atoms with Crippen molar-refractivity contribution >= 4 is 28.7 Å². The third kappa shape index (κ3) is 2.85. The average molecular weight is 272 g/mol. The first-order valence-corrected chi connectivity index (χ1v) is 6.57. The number of aryl methyl sites for hydroxylation is 1. The Morgan fingerprint density at radius 1 is 0.842 bits per heavy atom. The van der Waals surface area contributed by atoms with E-state index < -0.39 is 11.6 Å². The summed E-state index contributed by atoms with van der Waals surface area (Å²) >= 11 is 1.30. The van der Waals surface area contributed by atoms with E-state index in [-0.39, 0.29) is 5.78 Å². The Kier molecular flexibility index (Phi) is 3.71. The zero-order chi connectivity index (χ0) is 14.0. The molecule has 0 aliphatic carbocycles. The molecular formula is C15H12O3S. The van der Waals surface area contributed by atoms with Crippen molar-refractivity contribution in [2.45, 2.75) is 13.8 Å². The van der Waals surface area contributed by atoms with E-state index in [4.69, 9.17) is 0 Å². The number of Topliss-reactive ketones (excluding diaryl/α,β-unsaturated/α-hetero) is 3. The average Bonchev–Trinajstić information content (AvgIpc) is 2.84. The number of ketones is 3. The number of benzene rings is 1. The summed E-state index contributed by atoms with van der Waals surface area (Å²) in [6, 6.07) is 9.61. The molecule has 0 atom stereocenters. The lowest BCUT2D eigenvalue weighted by Gasteiger charge is -2.00. The summed E-state index contributed by atoms with van der Waals surface area (Å²) in [5.74, 6) is -1.12. The van der Waals surface area contributed by atoms with Crippen molar-refractivity contribution in [1.29, 1.82) is 0 Å². The SMILES string of the molecule is CC(=O)c1ccc(C(=O)C(=O)c2ccc(C)s2)cc1. The van der Waals surface area contributed by atoms with Gasteiger partial charge in [-0.15, -0.1) is 11.3 Å². The molecule has 0 amide bonds. The zero-order valence-corrected chi connectivity index (χ0v) is 11.4. The van der Waals surface area contributed by atoms with Gasteiger partial charge in [-0.3, -0.25) is 14.4 Å². The Balaban J connectivity index is 2.24. The van der Waals surface area contributed by atoms with Crippen LogP contribution in [-0.4, -0.2) is 17.3 Å². The third-order valence-electron chi connectivity index (χ3n) is 2.72. The smallest absolute Gasteiger partial charge is 0.243 e. The van der Waals surface area contributed by atoms with Crippen LogP contribution in [0.1, 0.15) is 42.2 Å². The molecule has 1 aromatic carbocycles. The van der Waals surface area contributed by atoms with Crippen LogP contribution in [0.25, 0.3) is 0 Å². The lowest BCUT2D eigenvalue weighted by molar-refractivity contribution is 0.0819. The molecule has 2 aromatic rings. The van der Waals surface area contributed by atoms with Gasteiger partial charge in [-0.05, 0) is 26.0 Å². The summed E-state index contributed by atoms with van der Waals surface area (Å²) in [5.41, 5.74) is 0.831. The van der Waals surface area contributed by atoms with Gasteiger partial charge >= 0.3 is 0 Å². The highest BCUT2D eigenvalue weighted by Gasteiger charge is 2.19. The Bertz CT molecular complexity index is 650. The zero-order valence-electron chi connectivity index (χ0n) is 10.6. The molecule has 0 saturated carbocycles. The molecular weight excluding hydrogens is 260 g/mol. The molecule has 4 heteroatoms. The van der Waals surface area contributed by atoms with Gasteiger partial charge in [0, 0.05) is 16.0 Å². The second kappa shape index (κ2) is 5.28. The van der Waals surface area contributed by atoms with Gasteiger partial charge in [0.1, 0.15) is 0 Å². The maximum atomic E-state index is 12.0. The summed E-state index contributed by atoms with van der Waals surface area (Å²) < 4.78 is 0. The van der Waals surface area contributed by atoms with Gasteiger partial charge < -0.3 is 0 Å². The van der Waals surface area contributed by atoms with Crippen LogP contribution in [0.15, 0.2) is 36.4 Å². The van der Waals surface area contributed by atoms with Crippen molar-refractivity contribution < 1.29 is 14.4 Å². The minimum Gasteiger partial charge on any atom is -0.295 e. The first kappa shape index (κ1) is 13.4. The van der Waals surface area contributed by atoms with Crippen molar-refractivity contribution in [2.24, 2.45) is 0 Å². The Hall–Kier alpha value is -2.07. The summed E-state index contributed by atoms with van der Waals surface area (Å²) in [5, 5.41) is 0. The fourth-order valence-corrected chi connectivity index (χ4v) is 2.46. The van der Waals surface area contributed by atoms with Gasteiger partial charge in [-0.25, -0.2) is 0 Å². The summed E-state index contributed by atoms with van der Waals surface area (Å²) in [4.78, 5) is 36.5. The second-order valence-corrected chi connectivity index (χ2v) is 5.49. The molecule has 3 nitrogen and oxygen atoms in total. The molecule has 0 spiro atoms.